The van der Waals surface area contributed by atoms with Crippen LogP contribution in [-0.2, 0) is 19.1 Å². The van der Waals surface area contributed by atoms with Gasteiger partial charge in [-0.3, -0.25) is 9.59 Å². The number of carbonyl (C=O) groups is 3. The molecule has 2 aromatic rings. The minimum absolute atomic E-state index is 0.213. The average molecular weight is 668 g/mol. The normalized spacial score (nSPS) is 15.0. The Hall–Kier alpha value is -3.29. The molecule has 3 rings (SSSR count). The molecule has 1 atom stereocenters. The predicted molar refractivity (Wildman–Crippen MR) is 152 cm³/mol. The number of nitrogens with one attached hydrogen (secondary N) is 3. The number of allylic oxidation sites excluding steroid dienone is 1. The first-order valence-electron chi connectivity index (χ1n) is 11.3. The number of benzene rings is 2. The van der Waals surface area contributed by atoms with Gasteiger partial charge in [0.2, 0.25) is 0 Å². The van der Waals surface area contributed by atoms with Gasteiger partial charge in [0.1, 0.15) is 5.75 Å². The van der Waals surface area contributed by atoms with E-state index in [0.717, 1.165) is 0 Å². The maximum absolute atomic E-state index is 12.7. The lowest BCUT2D eigenvalue weighted by molar-refractivity contribution is -0.139. The highest BCUT2D eigenvalue weighted by Crippen LogP contribution is 2.34. The van der Waals surface area contributed by atoms with Crippen LogP contribution in [0.5, 0.6) is 11.5 Å². The predicted octanol–water partition coefficient (Wildman–Crippen LogP) is 4.02. The Morgan fingerprint density at radius 1 is 1.21 bits per heavy atom. The molecule has 0 bridgehead atoms. The lowest BCUT2D eigenvalue weighted by Gasteiger charge is -2.30. The third-order valence-corrected chi connectivity index (χ3v) is 6.30. The quantitative estimate of drug-likeness (QED) is 0.119. The fraction of sp³-hybridized carbons (Fsp3) is 0.240. The molecule has 0 aromatic heterocycles. The summed E-state index contributed by atoms with van der Waals surface area (Å²) in [5.74, 6) is -0.899. The number of hydrazone groups is 1. The Labute approximate surface area is 241 Å². The van der Waals surface area contributed by atoms with Crippen molar-refractivity contribution < 1.29 is 28.6 Å². The van der Waals surface area contributed by atoms with E-state index in [1.165, 1.54) is 13.1 Å². The molecule has 3 N–H and O–H groups in total. The van der Waals surface area contributed by atoms with Crippen LogP contribution in [0.2, 0.25) is 0 Å². The van der Waals surface area contributed by atoms with Gasteiger partial charge in [-0.05, 0) is 60.2 Å². The van der Waals surface area contributed by atoms with Crippen molar-refractivity contribution in [2.24, 2.45) is 5.10 Å². The Bertz CT molecular complexity index is 1330. The molecule has 0 fully saturated rings. The highest BCUT2D eigenvalue weighted by Gasteiger charge is 2.32. The van der Waals surface area contributed by atoms with E-state index >= 15 is 0 Å². The van der Waals surface area contributed by atoms with Crippen LogP contribution in [0.15, 0.2) is 61.7 Å². The van der Waals surface area contributed by atoms with E-state index in [9.17, 15) is 14.4 Å². The summed E-state index contributed by atoms with van der Waals surface area (Å²) in [4.78, 5) is 36.6. The standard InChI is InChI=1S/C25H24Br2N4O6S/c1-4-35-24(34)21-13(2)29-25(38)30-22(21)17-7-5-6-8-19(17)36-12-20(33)31-28-11-15-9-16(26)10-18(27)23(15)37-14(3)32/h5-11,22H,4,12H2,1-3H3,(H,31,33)(H2,29,30,38)/t22-/m1/s1. The molecule has 13 heteroatoms. The number of para-hydroxylation sites is 1. The number of esters is 2. The van der Waals surface area contributed by atoms with E-state index in [1.807, 2.05) is 0 Å². The minimum Gasteiger partial charge on any atom is -0.483 e. The van der Waals surface area contributed by atoms with Crippen molar-refractivity contribution in [3.05, 3.63) is 67.7 Å². The Morgan fingerprint density at radius 3 is 2.66 bits per heavy atom. The van der Waals surface area contributed by atoms with Crippen molar-refractivity contribution in [1.82, 2.24) is 16.1 Å². The Kier molecular flexibility index (Phi) is 10.4. The first kappa shape index (κ1) is 29.3. The summed E-state index contributed by atoms with van der Waals surface area (Å²) in [6.07, 6.45) is 1.35. The van der Waals surface area contributed by atoms with Gasteiger partial charge in [0.15, 0.2) is 17.5 Å². The number of hydrogen-bond donors (Lipinski definition) is 3. The molecule has 38 heavy (non-hydrogen) atoms. The van der Waals surface area contributed by atoms with Crippen LogP contribution in [0.1, 0.15) is 37.9 Å². The summed E-state index contributed by atoms with van der Waals surface area (Å²) in [7, 11) is 0. The van der Waals surface area contributed by atoms with E-state index in [-0.39, 0.29) is 19.0 Å². The van der Waals surface area contributed by atoms with Crippen LogP contribution in [0.25, 0.3) is 0 Å². The maximum atomic E-state index is 12.7. The van der Waals surface area contributed by atoms with Crippen molar-refractivity contribution in [3.8, 4) is 11.5 Å². The lowest BCUT2D eigenvalue weighted by atomic mass is 9.95. The summed E-state index contributed by atoms with van der Waals surface area (Å²) in [5.41, 5.74) is 4.35. The zero-order valence-corrected chi connectivity index (χ0v) is 24.6. The average Bonchev–Trinajstić information content (AvgIpc) is 2.84. The molecule has 0 aliphatic carbocycles. The molecule has 0 saturated heterocycles. The van der Waals surface area contributed by atoms with Gasteiger partial charge in [-0.15, -0.1) is 0 Å². The number of carbonyl (C=O) groups excluding carboxylic acids is 3. The second kappa shape index (κ2) is 13.5. The number of hydrogen-bond acceptors (Lipinski definition) is 8. The van der Waals surface area contributed by atoms with Gasteiger partial charge in [0.05, 0.1) is 28.9 Å². The van der Waals surface area contributed by atoms with Gasteiger partial charge in [-0.25, -0.2) is 10.2 Å². The molecule has 0 spiro atoms. The zero-order valence-electron chi connectivity index (χ0n) is 20.6. The molecule has 1 aliphatic rings. The van der Waals surface area contributed by atoms with Crippen LogP contribution in [0.4, 0.5) is 0 Å². The van der Waals surface area contributed by atoms with Crippen molar-refractivity contribution in [3.63, 3.8) is 0 Å². The van der Waals surface area contributed by atoms with Crippen LogP contribution >= 0.6 is 44.1 Å². The highest BCUT2D eigenvalue weighted by molar-refractivity contribution is 9.11. The third kappa shape index (κ3) is 7.62. The second-order valence-electron chi connectivity index (χ2n) is 7.81. The van der Waals surface area contributed by atoms with Crippen molar-refractivity contribution in [2.75, 3.05) is 13.2 Å². The van der Waals surface area contributed by atoms with E-state index < -0.39 is 23.9 Å². The second-order valence-corrected chi connectivity index (χ2v) is 9.99. The summed E-state index contributed by atoms with van der Waals surface area (Å²) in [5, 5.41) is 10.3. The first-order valence-corrected chi connectivity index (χ1v) is 13.3. The van der Waals surface area contributed by atoms with Crippen LogP contribution < -0.4 is 25.5 Å². The highest BCUT2D eigenvalue weighted by atomic mass is 79.9. The Morgan fingerprint density at radius 2 is 1.95 bits per heavy atom. The molecule has 1 aliphatic heterocycles. The molecular formula is C25H24Br2N4O6S. The molecule has 1 amide bonds. The van der Waals surface area contributed by atoms with Crippen LogP contribution in [0.3, 0.4) is 0 Å². The molecule has 0 unspecified atom stereocenters. The molecule has 0 saturated carbocycles. The molecule has 1 heterocycles. The minimum atomic E-state index is -0.644. The fourth-order valence-corrected chi connectivity index (χ4v) is 5.14. The SMILES string of the molecule is CCOC(=O)C1=C(C)NC(=S)N[C@@H]1c1ccccc1OCC(=O)NN=Cc1cc(Br)cc(Br)c1OC(C)=O. The number of amides is 1. The molecule has 200 valence electrons. The monoisotopic (exact) mass is 666 g/mol. The van der Waals surface area contributed by atoms with E-state index in [2.05, 4.69) is 53.0 Å². The molecule has 10 nitrogen and oxygen atoms in total. The van der Waals surface area contributed by atoms with E-state index in [1.54, 1.807) is 50.2 Å². The Balaban J connectivity index is 1.74. The topological polar surface area (TPSA) is 127 Å². The van der Waals surface area contributed by atoms with Crippen molar-refractivity contribution in [2.45, 2.75) is 26.8 Å². The largest absolute Gasteiger partial charge is 0.483 e. The van der Waals surface area contributed by atoms with Gasteiger partial charge in [0.25, 0.3) is 5.91 Å². The van der Waals surface area contributed by atoms with E-state index in [0.29, 0.717) is 42.2 Å². The van der Waals surface area contributed by atoms with Gasteiger partial charge < -0.3 is 24.8 Å². The maximum Gasteiger partial charge on any atom is 0.338 e. The van der Waals surface area contributed by atoms with E-state index in [4.69, 9.17) is 26.4 Å². The molecule has 2 aromatic carbocycles. The number of halogens is 2. The van der Waals surface area contributed by atoms with Crippen LogP contribution in [-0.4, -0.2) is 42.4 Å². The molecular weight excluding hydrogens is 644 g/mol. The van der Waals surface area contributed by atoms with Gasteiger partial charge in [-0.1, -0.05) is 34.1 Å². The van der Waals surface area contributed by atoms with Crippen LogP contribution in [0, 0.1) is 0 Å². The van der Waals surface area contributed by atoms with Gasteiger partial charge in [-0.2, -0.15) is 5.10 Å². The van der Waals surface area contributed by atoms with Crippen molar-refractivity contribution >= 4 is 73.3 Å². The number of ether oxygens (including phenoxy) is 3. The van der Waals surface area contributed by atoms with Gasteiger partial charge >= 0.3 is 11.9 Å². The zero-order chi connectivity index (χ0) is 27.8. The smallest absolute Gasteiger partial charge is 0.338 e. The third-order valence-electron chi connectivity index (χ3n) is 5.03. The first-order chi connectivity index (χ1) is 18.1. The number of rotatable bonds is 9. The lowest BCUT2D eigenvalue weighted by Crippen LogP contribution is -2.45. The van der Waals surface area contributed by atoms with Gasteiger partial charge in [0, 0.05) is 28.2 Å². The summed E-state index contributed by atoms with van der Waals surface area (Å²) in [6, 6.07) is 9.73. The summed E-state index contributed by atoms with van der Waals surface area (Å²) in [6.45, 7) is 4.59. The number of thiocarbonyl (C=S) groups is 1. The number of nitrogens with zero attached hydrogens (tertiary/aromatic N) is 1. The molecule has 0 radical (unpaired) electrons. The fourth-order valence-electron chi connectivity index (χ4n) is 3.53. The summed E-state index contributed by atoms with van der Waals surface area (Å²) >= 11 is 12.0. The van der Waals surface area contributed by atoms with Crippen molar-refractivity contribution in [1.29, 1.82) is 0 Å². The summed E-state index contributed by atoms with van der Waals surface area (Å²) < 4.78 is 17.5.